The highest BCUT2D eigenvalue weighted by atomic mass is 16.7. The first kappa shape index (κ1) is 22.7. The highest BCUT2D eigenvalue weighted by Gasteiger charge is 2.29. The molecule has 9 heteroatoms. The van der Waals surface area contributed by atoms with Gasteiger partial charge in [0.25, 0.3) is 0 Å². The molecule has 0 spiro atoms. The molecule has 9 nitrogen and oxygen atoms in total. The van der Waals surface area contributed by atoms with E-state index in [4.69, 9.17) is 19.2 Å². The van der Waals surface area contributed by atoms with Gasteiger partial charge in [-0.15, -0.1) is 0 Å². The predicted molar refractivity (Wildman–Crippen MR) is 116 cm³/mol. The first-order valence-electron chi connectivity index (χ1n) is 11.5. The third-order valence-electron chi connectivity index (χ3n) is 6.28. The minimum Gasteiger partial charge on any atom is -0.487 e. The lowest BCUT2D eigenvalue weighted by molar-refractivity contribution is -0.169. The maximum atomic E-state index is 11.4. The van der Waals surface area contributed by atoms with E-state index in [1.807, 2.05) is 14.0 Å². The Hall–Kier alpha value is -2.52. The number of aliphatic carboxylic acids is 1. The molecule has 3 heterocycles. The van der Waals surface area contributed by atoms with Crippen LogP contribution in [0.3, 0.4) is 0 Å². The lowest BCUT2D eigenvalue weighted by Crippen LogP contribution is -2.29. The second kappa shape index (κ2) is 10.4. The molecule has 2 aromatic heterocycles. The zero-order chi connectivity index (χ0) is 22.5. The number of ether oxygens (including phenoxy) is 3. The fraction of sp³-hybridized carbons (Fsp3) is 0.652. The third-order valence-corrected chi connectivity index (χ3v) is 6.28. The highest BCUT2D eigenvalue weighted by molar-refractivity contribution is 5.70. The predicted octanol–water partition coefficient (Wildman–Crippen LogP) is 3.50. The van der Waals surface area contributed by atoms with Gasteiger partial charge in [-0.3, -0.25) is 9.48 Å². The average Bonchev–Trinajstić information content (AvgIpc) is 3.19. The molecule has 0 amide bonds. The van der Waals surface area contributed by atoms with Crippen LogP contribution >= 0.6 is 0 Å². The van der Waals surface area contributed by atoms with Gasteiger partial charge in [-0.1, -0.05) is 6.92 Å². The Morgan fingerprint density at radius 2 is 2.12 bits per heavy atom. The van der Waals surface area contributed by atoms with Crippen molar-refractivity contribution in [2.24, 2.45) is 13.0 Å². The number of carboxylic acids is 1. The number of carbonyl (C=O) groups is 1. The SMILES string of the molecule is CCc1nc(-c2cnn(C)c2COC2CCCCO2)ncc1O[C@H]1CCC[C@H](C(=O)O)C1. The summed E-state index contributed by atoms with van der Waals surface area (Å²) >= 11 is 0. The molecule has 1 unspecified atom stereocenters. The summed E-state index contributed by atoms with van der Waals surface area (Å²) in [6.07, 6.45) is 9.87. The Bertz CT molecular complexity index is 925. The van der Waals surface area contributed by atoms with Gasteiger partial charge in [0.05, 0.1) is 48.0 Å². The molecule has 0 bridgehead atoms. The van der Waals surface area contributed by atoms with Crippen LogP contribution in [0.4, 0.5) is 0 Å². The van der Waals surface area contributed by atoms with Crippen LogP contribution in [0.15, 0.2) is 12.4 Å². The Morgan fingerprint density at radius 3 is 2.88 bits per heavy atom. The monoisotopic (exact) mass is 444 g/mol. The minimum absolute atomic E-state index is 0.123. The third kappa shape index (κ3) is 5.27. The first-order chi connectivity index (χ1) is 15.5. The van der Waals surface area contributed by atoms with E-state index in [0.717, 1.165) is 55.7 Å². The van der Waals surface area contributed by atoms with Gasteiger partial charge in [0.1, 0.15) is 0 Å². The van der Waals surface area contributed by atoms with E-state index in [-0.39, 0.29) is 18.3 Å². The summed E-state index contributed by atoms with van der Waals surface area (Å²) in [6.45, 7) is 3.13. The molecule has 2 fully saturated rings. The van der Waals surface area contributed by atoms with Crippen LogP contribution in [-0.4, -0.2) is 49.8 Å². The number of hydrogen-bond donors (Lipinski definition) is 1. The molecular formula is C23H32N4O5. The number of nitrogens with zero attached hydrogens (tertiary/aromatic N) is 4. The fourth-order valence-electron chi connectivity index (χ4n) is 4.38. The highest BCUT2D eigenvalue weighted by Crippen LogP contribution is 2.30. The molecule has 1 aliphatic carbocycles. The van der Waals surface area contributed by atoms with Crippen molar-refractivity contribution in [2.45, 2.75) is 77.3 Å². The van der Waals surface area contributed by atoms with Crippen LogP contribution < -0.4 is 4.74 Å². The van der Waals surface area contributed by atoms with Crippen molar-refractivity contribution < 1.29 is 24.1 Å². The van der Waals surface area contributed by atoms with Crippen LogP contribution in [0.1, 0.15) is 63.3 Å². The van der Waals surface area contributed by atoms with Gasteiger partial charge in [0, 0.05) is 13.7 Å². The maximum absolute atomic E-state index is 11.4. The summed E-state index contributed by atoms with van der Waals surface area (Å²) in [5, 5.41) is 13.7. The van der Waals surface area contributed by atoms with E-state index in [9.17, 15) is 9.90 Å². The van der Waals surface area contributed by atoms with Crippen LogP contribution in [-0.2, 0) is 34.3 Å². The number of hydrogen-bond acceptors (Lipinski definition) is 7. The second-order valence-corrected chi connectivity index (χ2v) is 8.54. The molecule has 4 rings (SSSR count). The van der Waals surface area contributed by atoms with Gasteiger partial charge in [0.2, 0.25) is 0 Å². The number of rotatable bonds is 8. The summed E-state index contributed by atoms with van der Waals surface area (Å²) in [5.74, 6) is 0.123. The van der Waals surface area contributed by atoms with E-state index in [2.05, 4.69) is 10.1 Å². The summed E-state index contributed by atoms with van der Waals surface area (Å²) in [6, 6.07) is 0. The van der Waals surface area contributed by atoms with Crippen molar-refractivity contribution in [1.82, 2.24) is 19.7 Å². The van der Waals surface area contributed by atoms with E-state index in [1.54, 1.807) is 17.1 Å². The Balaban J connectivity index is 1.48. The van der Waals surface area contributed by atoms with E-state index >= 15 is 0 Å². The summed E-state index contributed by atoms with van der Waals surface area (Å²) in [7, 11) is 1.88. The van der Waals surface area contributed by atoms with Crippen molar-refractivity contribution in [2.75, 3.05) is 6.61 Å². The lowest BCUT2D eigenvalue weighted by Gasteiger charge is -2.27. The average molecular weight is 445 g/mol. The van der Waals surface area contributed by atoms with Gasteiger partial charge in [0.15, 0.2) is 17.9 Å². The molecule has 1 aliphatic heterocycles. The summed E-state index contributed by atoms with van der Waals surface area (Å²) < 4.78 is 19.6. The molecule has 2 aliphatic rings. The Morgan fingerprint density at radius 1 is 1.25 bits per heavy atom. The standard InChI is InChI=1S/C23H32N4O5/c1-3-18-20(32-16-8-6-7-15(11-16)23(28)29)13-24-22(26-18)17-12-25-27(2)19(17)14-31-21-9-4-5-10-30-21/h12-13,15-16,21H,3-11,14H2,1-2H3,(H,28,29)/t15-,16-,21?/m0/s1. The summed E-state index contributed by atoms with van der Waals surface area (Å²) in [5.41, 5.74) is 2.53. The van der Waals surface area contributed by atoms with Gasteiger partial charge >= 0.3 is 5.97 Å². The largest absolute Gasteiger partial charge is 0.487 e. The zero-order valence-corrected chi connectivity index (χ0v) is 18.8. The maximum Gasteiger partial charge on any atom is 0.306 e. The molecule has 0 aromatic carbocycles. The van der Waals surface area contributed by atoms with Crippen molar-refractivity contribution in [3.8, 4) is 17.1 Å². The number of carboxylic acid groups (broad SMARTS) is 1. The normalized spacial score (nSPS) is 23.8. The van der Waals surface area contributed by atoms with Crippen molar-refractivity contribution in [1.29, 1.82) is 0 Å². The smallest absolute Gasteiger partial charge is 0.306 e. The van der Waals surface area contributed by atoms with Crippen molar-refractivity contribution in [3.63, 3.8) is 0 Å². The molecule has 174 valence electrons. The van der Waals surface area contributed by atoms with Crippen molar-refractivity contribution in [3.05, 3.63) is 23.8 Å². The van der Waals surface area contributed by atoms with Crippen LogP contribution in [0.5, 0.6) is 5.75 Å². The van der Waals surface area contributed by atoms with Crippen molar-refractivity contribution >= 4 is 5.97 Å². The van der Waals surface area contributed by atoms with E-state index < -0.39 is 5.97 Å². The number of aryl methyl sites for hydroxylation is 2. The molecular weight excluding hydrogens is 412 g/mol. The van der Waals surface area contributed by atoms with Gasteiger partial charge in [-0.25, -0.2) is 9.97 Å². The van der Waals surface area contributed by atoms with Gasteiger partial charge < -0.3 is 19.3 Å². The van der Waals surface area contributed by atoms with Crippen LogP contribution in [0.2, 0.25) is 0 Å². The first-order valence-corrected chi connectivity index (χ1v) is 11.5. The molecule has 1 saturated heterocycles. The molecule has 32 heavy (non-hydrogen) atoms. The van der Waals surface area contributed by atoms with Crippen LogP contribution in [0.25, 0.3) is 11.4 Å². The molecule has 1 N–H and O–H groups in total. The quantitative estimate of drug-likeness (QED) is 0.659. The molecule has 3 atom stereocenters. The molecule has 0 radical (unpaired) electrons. The van der Waals surface area contributed by atoms with Gasteiger partial charge in [-0.05, 0) is 51.4 Å². The lowest BCUT2D eigenvalue weighted by atomic mass is 9.87. The summed E-state index contributed by atoms with van der Waals surface area (Å²) in [4.78, 5) is 20.7. The van der Waals surface area contributed by atoms with E-state index in [1.165, 1.54) is 0 Å². The van der Waals surface area contributed by atoms with Gasteiger partial charge in [-0.2, -0.15) is 5.10 Å². The molecule has 1 saturated carbocycles. The minimum atomic E-state index is -0.745. The fourth-order valence-corrected chi connectivity index (χ4v) is 4.38. The van der Waals surface area contributed by atoms with E-state index in [0.29, 0.717) is 37.4 Å². The number of aromatic nitrogens is 4. The molecule has 2 aromatic rings. The zero-order valence-electron chi connectivity index (χ0n) is 18.8. The second-order valence-electron chi connectivity index (χ2n) is 8.54. The Kier molecular flexibility index (Phi) is 7.36. The topological polar surface area (TPSA) is 109 Å². The Labute approximate surface area is 188 Å². The van der Waals surface area contributed by atoms with Crippen LogP contribution in [0, 0.1) is 5.92 Å².